The van der Waals surface area contributed by atoms with Crippen LogP contribution in [0.25, 0.3) is 11.0 Å². The van der Waals surface area contributed by atoms with E-state index in [2.05, 4.69) is 9.97 Å². The molecule has 0 atom stereocenters. The van der Waals surface area contributed by atoms with Gasteiger partial charge in [-0.2, -0.15) is 0 Å². The fourth-order valence-corrected chi connectivity index (χ4v) is 1.43. The molecule has 0 aliphatic carbocycles. The molecule has 0 fully saturated rings. The Morgan fingerprint density at radius 2 is 2.33 bits per heavy atom. The molecule has 0 bridgehead atoms. The normalized spacial score (nSPS) is 10.8. The van der Waals surface area contributed by atoms with Gasteiger partial charge in [-0.3, -0.25) is 4.79 Å². The topological polar surface area (TPSA) is 50.7 Å². The van der Waals surface area contributed by atoms with E-state index in [1.54, 1.807) is 0 Å². The van der Waals surface area contributed by atoms with Gasteiger partial charge in [0.2, 0.25) is 0 Å². The van der Waals surface area contributed by atoms with Gasteiger partial charge in [-0.05, 0) is 12.5 Å². The van der Waals surface area contributed by atoms with Gasteiger partial charge >= 0.3 is 0 Å². The van der Waals surface area contributed by atoms with Crippen molar-refractivity contribution in [2.45, 2.75) is 6.92 Å². The van der Waals surface area contributed by atoms with E-state index in [9.17, 15) is 4.79 Å². The van der Waals surface area contributed by atoms with E-state index in [1.807, 2.05) is 24.7 Å². The molecule has 0 unspecified atom stereocenters. The first kappa shape index (κ1) is 7.09. The molecule has 4 nitrogen and oxygen atoms in total. The quantitative estimate of drug-likeness (QED) is 0.617. The summed E-state index contributed by atoms with van der Waals surface area (Å²) in [5.41, 5.74) is 1.62. The van der Waals surface area contributed by atoms with Crippen LogP contribution in [0.1, 0.15) is 5.56 Å². The zero-order valence-electron chi connectivity index (χ0n) is 6.96. The standard InChI is InChI=1S/C8H9N3O/c1-5-3-11(2)7-6(5)8(12)10-4-9-7/h3-4H,1-2H3,(H,9,10,12). The second kappa shape index (κ2) is 2.20. The summed E-state index contributed by atoms with van der Waals surface area (Å²) >= 11 is 0. The van der Waals surface area contributed by atoms with Crippen molar-refractivity contribution < 1.29 is 0 Å². The first-order valence-corrected chi connectivity index (χ1v) is 3.69. The van der Waals surface area contributed by atoms with Crippen molar-refractivity contribution in [1.82, 2.24) is 14.5 Å². The van der Waals surface area contributed by atoms with Crippen LogP contribution in [0, 0.1) is 6.92 Å². The molecule has 2 rings (SSSR count). The number of hydrogen-bond donors (Lipinski definition) is 1. The van der Waals surface area contributed by atoms with Crippen LogP contribution in [-0.4, -0.2) is 14.5 Å². The molecular weight excluding hydrogens is 154 g/mol. The van der Waals surface area contributed by atoms with Crippen molar-refractivity contribution in [3.8, 4) is 0 Å². The minimum atomic E-state index is -0.0712. The van der Waals surface area contributed by atoms with Crippen LogP contribution in [-0.2, 0) is 7.05 Å². The van der Waals surface area contributed by atoms with Crippen molar-refractivity contribution in [1.29, 1.82) is 0 Å². The minimum Gasteiger partial charge on any atom is -0.335 e. The second-order valence-electron chi connectivity index (χ2n) is 2.85. The van der Waals surface area contributed by atoms with Crippen molar-refractivity contribution in [2.24, 2.45) is 7.05 Å². The Morgan fingerprint density at radius 1 is 1.58 bits per heavy atom. The summed E-state index contributed by atoms with van der Waals surface area (Å²) in [7, 11) is 1.88. The highest BCUT2D eigenvalue weighted by Gasteiger charge is 2.06. The van der Waals surface area contributed by atoms with Gasteiger partial charge in [0.15, 0.2) is 0 Å². The summed E-state index contributed by atoms with van der Waals surface area (Å²) in [5.74, 6) is 0. The van der Waals surface area contributed by atoms with Crippen molar-refractivity contribution >= 4 is 11.0 Å². The maximum Gasteiger partial charge on any atom is 0.260 e. The fourth-order valence-electron chi connectivity index (χ4n) is 1.43. The highest BCUT2D eigenvalue weighted by molar-refractivity contribution is 5.78. The number of hydrogen-bond acceptors (Lipinski definition) is 2. The highest BCUT2D eigenvalue weighted by Crippen LogP contribution is 2.11. The third-order valence-electron chi connectivity index (χ3n) is 1.95. The largest absolute Gasteiger partial charge is 0.335 e. The molecule has 0 amide bonds. The predicted octanol–water partition coefficient (Wildman–Crippen LogP) is 0.570. The number of fused-ring (bicyclic) bond motifs is 1. The number of aromatic amines is 1. The molecule has 0 aliphatic heterocycles. The Morgan fingerprint density at radius 3 is 3.00 bits per heavy atom. The molecule has 2 heterocycles. The number of aromatic nitrogens is 3. The lowest BCUT2D eigenvalue weighted by atomic mass is 10.3. The lowest BCUT2D eigenvalue weighted by Gasteiger charge is -1.91. The van der Waals surface area contributed by atoms with Gasteiger partial charge in [0.1, 0.15) is 5.65 Å². The lowest BCUT2D eigenvalue weighted by Crippen LogP contribution is -2.06. The van der Waals surface area contributed by atoms with E-state index < -0.39 is 0 Å². The van der Waals surface area contributed by atoms with Gasteiger partial charge in [0.25, 0.3) is 5.56 Å². The van der Waals surface area contributed by atoms with E-state index in [4.69, 9.17) is 0 Å². The Balaban J connectivity index is 3.09. The summed E-state index contributed by atoms with van der Waals surface area (Å²) in [5, 5.41) is 0.681. The van der Waals surface area contributed by atoms with Gasteiger partial charge in [-0.1, -0.05) is 0 Å². The summed E-state index contributed by atoms with van der Waals surface area (Å²) < 4.78 is 1.85. The fraction of sp³-hybridized carbons (Fsp3) is 0.250. The number of rotatable bonds is 0. The molecule has 0 aromatic carbocycles. The monoisotopic (exact) mass is 163 g/mol. The van der Waals surface area contributed by atoms with Gasteiger partial charge in [-0.15, -0.1) is 0 Å². The average Bonchev–Trinajstić information content (AvgIpc) is 2.29. The van der Waals surface area contributed by atoms with E-state index in [1.165, 1.54) is 6.33 Å². The number of H-pyrrole nitrogens is 1. The molecule has 0 spiro atoms. The third-order valence-corrected chi connectivity index (χ3v) is 1.95. The smallest absolute Gasteiger partial charge is 0.260 e. The van der Waals surface area contributed by atoms with Crippen molar-refractivity contribution in [3.63, 3.8) is 0 Å². The third kappa shape index (κ3) is 0.777. The predicted molar refractivity (Wildman–Crippen MR) is 46.1 cm³/mol. The van der Waals surface area contributed by atoms with E-state index >= 15 is 0 Å². The zero-order chi connectivity index (χ0) is 8.72. The Kier molecular flexibility index (Phi) is 1.30. The Labute approximate surface area is 68.9 Å². The van der Waals surface area contributed by atoms with Crippen LogP contribution in [0.2, 0.25) is 0 Å². The molecule has 1 N–H and O–H groups in total. The maximum absolute atomic E-state index is 11.3. The molecule has 0 radical (unpaired) electrons. The van der Waals surface area contributed by atoms with E-state index in [0.717, 1.165) is 11.2 Å². The minimum absolute atomic E-state index is 0.0712. The summed E-state index contributed by atoms with van der Waals surface area (Å²) in [4.78, 5) is 17.9. The Bertz CT molecular complexity index is 480. The molecule has 4 heteroatoms. The average molecular weight is 163 g/mol. The van der Waals surface area contributed by atoms with Crippen LogP contribution in [0.4, 0.5) is 0 Å². The van der Waals surface area contributed by atoms with Crippen molar-refractivity contribution in [3.05, 3.63) is 28.4 Å². The van der Waals surface area contributed by atoms with Crippen LogP contribution in [0.5, 0.6) is 0 Å². The first-order valence-electron chi connectivity index (χ1n) is 3.69. The van der Waals surface area contributed by atoms with Crippen LogP contribution in [0.3, 0.4) is 0 Å². The Hall–Kier alpha value is -1.58. The molecule has 2 aromatic rings. The van der Waals surface area contributed by atoms with Gasteiger partial charge in [0, 0.05) is 13.2 Å². The molecule has 2 aromatic heterocycles. The van der Waals surface area contributed by atoms with Gasteiger partial charge < -0.3 is 9.55 Å². The van der Waals surface area contributed by atoms with E-state index in [-0.39, 0.29) is 5.56 Å². The summed E-state index contributed by atoms with van der Waals surface area (Å²) in [6, 6.07) is 0. The van der Waals surface area contributed by atoms with Crippen LogP contribution >= 0.6 is 0 Å². The van der Waals surface area contributed by atoms with Gasteiger partial charge in [0.05, 0.1) is 11.7 Å². The second-order valence-corrected chi connectivity index (χ2v) is 2.85. The first-order chi connectivity index (χ1) is 5.70. The highest BCUT2D eigenvalue weighted by atomic mass is 16.1. The van der Waals surface area contributed by atoms with Gasteiger partial charge in [-0.25, -0.2) is 4.98 Å². The maximum atomic E-state index is 11.3. The van der Waals surface area contributed by atoms with Crippen LogP contribution < -0.4 is 5.56 Å². The SMILES string of the molecule is Cc1cn(C)c2nc[nH]c(=O)c12. The number of nitrogens with one attached hydrogen (secondary N) is 1. The molecule has 0 aliphatic rings. The molecule has 12 heavy (non-hydrogen) atoms. The van der Waals surface area contributed by atoms with E-state index in [0.29, 0.717) is 5.39 Å². The number of aryl methyl sites for hydroxylation is 2. The number of nitrogens with zero attached hydrogens (tertiary/aromatic N) is 2. The molecule has 0 saturated carbocycles. The lowest BCUT2D eigenvalue weighted by molar-refractivity contribution is 0.938. The molecular formula is C8H9N3O. The van der Waals surface area contributed by atoms with Crippen molar-refractivity contribution in [2.75, 3.05) is 0 Å². The summed E-state index contributed by atoms with van der Waals surface area (Å²) in [6.07, 6.45) is 3.32. The zero-order valence-corrected chi connectivity index (χ0v) is 6.96. The van der Waals surface area contributed by atoms with Crippen LogP contribution in [0.15, 0.2) is 17.3 Å². The summed E-state index contributed by atoms with van der Waals surface area (Å²) in [6.45, 7) is 1.90. The molecule has 0 saturated heterocycles. The molecule has 62 valence electrons.